The molecule has 3 nitrogen and oxygen atoms in total. The quantitative estimate of drug-likeness (QED) is 0.656. The normalized spacial score (nSPS) is 20.0. The predicted molar refractivity (Wildman–Crippen MR) is 88.6 cm³/mol. The Bertz CT molecular complexity index is 881. The van der Waals surface area contributed by atoms with E-state index in [1.54, 1.807) is 0 Å². The Morgan fingerprint density at radius 3 is 2.31 bits per heavy atom. The van der Waals surface area contributed by atoms with Crippen LogP contribution in [0.2, 0.25) is 0 Å². The number of halogens is 7. The first-order valence-corrected chi connectivity index (χ1v) is 8.30. The van der Waals surface area contributed by atoms with Gasteiger partial charge in [0.15, 0.2) is 12.0 Å². The summed E-state index contributed by atoms with van der Waals surface area (Å²) in [6.07, 6.45) is -0.622. The zero-order valence-electron chi connectivity index (χ0n) is 14.6. The molecule has 1 heterocycles. The molecule has 0 atom stereocenters. The molecule has 156 valence electrons. The van der Waals surface area contributed by atoms with Crippen LogP contribution in [0, 0.1) is 0 Å². The Balaban J connectivity index is 1.57. The minimum Gasteiger partial charge on any atom is -0.463 e. The molecule has 1 aromatic rings. The van der Waals surface area contributed by atoms with Gasteiger partial charge in [-0.1, -0.05) is 18.2 Å². The molecule has 0 unspecified atom stereocenters. The van der Waals surface area contributed by atoms with E-state index in [-0.39, 0.29) is 24.9 Å². The van der Waals surface area contributed by atoms with E-state index >= 15 is 0 Å². The lowest BCUT2D eigenvalue weighted by molar-refractivity contribution is -0.156. The van der Waals surface area contributed by atoms with E-state index < -0.39 is 34.9 Å². The van der Waals surface area contributed by atoms with E-state index in [0.717, 1.165) is 36.8 Å². The van der Waals surface area contributed by atoms with Crippen LogP contribution in [0.5, 0.6) is 0 Å². The summed E-state index contributed by atoms with van der Waals surface area (Å²) < 4.78 is 103. The second kappa shape index (κ2) is 7.49. The van der Waals surface area contributed by atoms with Gasteiger partial charge in [-0.15, -0.1) is 0 Å². The van der Waals surface area contributed by atoms with Crippen molar-refractivity contribution in [2.75, 3.05) is 6.54 Å². The minimum atomic E-state index is -4.49. The van der Waals surface area contributed by atoms with Crippen molar-refractivity contribution < 1.29 is 40.2 Å². The molecule has 10 heteroatoms. The van der Waals surface area contributed by atoms with Crippen LogP contribution in [0.4, 0.5) is 30.7 Å². The molecular formula is C19H14F7NO2. The Labute approximate surface area is 160 Å². The van der Waals surface area contributed by atoms with Gasteiger partial charge in [0.2, 0.25) is 5.88 Å². The molecule has 1 aliphatic heterocycles. The Hall–Kier alpha value is -2.91. The van der Waals surface area contributed by atoms with Gasteiger partial charge < -0.3 is 14.8 Å². The lowest BCUT2D eigenvalue weighted by Crippen LogP contribution is -2.43. The molecular weight excluding hydrogens is 407 g/mol. The first-order chi connectivity index (χ1) is 13.5. The molecule has 0 amide bonds. The number of benzene rings is 1. The van der Waals surface area contributed by atoms with E-state index in [0.29, 0.717) is 5.56 Å². The lowest BCUT2D eigenvalue weighted by atomic mass is 9.95. The topological polar surface area (TPSA) is 30.5 Å². The van der Waals surface area contributed by atoms with Crippen molar-refractivity contribution in [3.8, 4) is 0 Å². The van der Waals surface area contributed by atoms with Gasteiger partial charge >= 0.3 is 18.0 Å². The number of allylic oxidation sites excluding steroid dienone is 4. The van der Waals surface area contributed by atoms with Gasteiger partial charge in [-0.25, -0.2) is 0 Å². The van der Waals surface area contributed by atoms with Crippen molar-refractivity contribution >= 4 is 0 Å². The maximum absolute atomic E-state index is 14.0. The van der Waals surface area contributed by atoms with E-state index in [9.17, 15) is 30.7 Å². The van der Waals surface area contributed by atoms with Crippen LogP contribution in [0.15, 0.2) is 72.2 Å². The van der Waals surface area contributed by atoms with E-state index in [4.69, 9.17) is 9.47 Å². The lowest BCUT2D eigenvalue weighted by Gasteiger charge is -2.30. The third-order valence-corrected chi connectivity index (χ3v) is 4.16. The monoisotopic (exact) mass is 421 g/mol. The van der Waals surface area contributed by atoms with Crippen molar-refractivity contribution in [3.63, 3.8) is 0 Å². The number of ether oxygens (including phenoxy) is 2. The Kier molecular flexibility index (Phi) is 5.38. The zero-order chi connectivity index (χ0) is 21.3. The van der Waals surface area contributed by atoms with Gasteiger partial charge in [0.25, 0.3) is 0 Å². The van der Waals surface area contributed by atoms with Crippen molar-refractivity contribution in [2.45, 2.75) is 24.4 Å². The van der Waals surface area contributed by atoms with Gasteiger partial charge in [0.1, 0.15) is 6.26 Å². The van der Waals surface area contributed by atoms with Crippen LogP contribution in [-0.2, 0) is 22.1 Å². The molecule has 2 aliphatic rings. The number of rotatable bonds is 5. The van der Waals surface area contributed by atoms with Crippen LogP contribution >= 0.6 is 0 Å². The third kappa shape index (κ3) is 4.41. The summed E-state index contributed by atoms with van der Waals surface area (Å²) >= 11 is 0. The molecule has 3 rings (SSSR count). The molecule has 0 fully saturated rings. The average Bonchev–Trinajstić information content (AvgIpc) is 2.64. The SMILES string of the molecule is FC(F)(F)c1ccc(CCNC2=COC=C(C3=CC=CC(F)(F)C3(F)F)O2)cc1. The van der Waals surface area contributed by atoms with Gasteiger partial charge in [-0.2, -0.15) is 30.7 Å². The van der Waals surface area contributed by atoms with E-state index in [2.05, 4.69) is 5.32 Å². The van der Waals surface area contributed by atoms with Crippen LogP contribution in [-0.4, -0.2) is 18.4 Å². The molecule has 29 heavy (non-hydrogen) atoms. The minimum absolute atomic E-state index is 0.0970. The predicted octanol–water partition coefficient (Wildman–Crippen LogP) is 5.29. The van der Waals surface area contributed by atoms with Crippen LogP contribution in [0.1, 0.15) is 11.1 Å². The molecule has 0 saturated carbocycles. The fourth-order valence-corrected chi connectivity index (χ4v) is 2.60. The molecule has 0 bridgehead atoms. The second-order valence-corrected chi connectivity index (χ2v) is 6.21. The highest BCUT2D eigenvalue weighted by Crippen LogP contribution is 2.46. The summed E-state index contributed by atoms with van der Waals surface area (Å²) in [4.78, 5) is 0. The average molecular weight is 421 g/mol. The Morgan fingerprint density at radius 1 is 0.966 bits per heavy atom. The summed E-state index contributed by atoms with van der Waals surface area (Å²) in [5, 5.41) is 2.71. The number of nitrogens with one attached hydrogen (secondary N) is 1. The van der Waals surface area contributed by atoms with Crippen LogP contribution in [0.3, 0.4) is 0 Å². The fraction of sp³-hybridized carbons (Fsp3) is 0.263. The zero-order valence-corrected chi connectivity index (χ0v) is 14.6. The van der Waals surface area contributed by atoms with Gasteiger partial charge in [0, 0.05) is 6.54 Å². The van der Waals surface area contributed by atoms with E-state index in [1.807, 2.05) is 0 Å². The van der Waals surface area contributed by atoms with Gasteiger partial charge in [-0.05, 0) is 36.3 Å². The van der Waals surface area contributed by atoms with Crippen molar-refractivity contribution in [1.82, 2.24) is 5.32 Å². The first kappa shape index (κ1) is 20.8. The highest BCUT2D eigenvalue weighted by atomic mass is 19.4. The maximum Gasteiger partial charge on any atom is 0.416 e. The molecule has 0 aromatic heterocycles. The molecule has 0 radical (unpaired) electrons. The Morgan fingerprint density at radius 2 is 1.66 bits per heavy atom. The number of hydrogen-bond acceptors (Lipinski definition) is 3. The summed E-state index contributed by atoms with van der Waals surface area (Å²) in [6.45, 7) is 0.166. The molecule has 0 saturated heterocycles. The molecule has 1 N–H and O–H groups in total. The molecule has 1 aromatic carbocycles. The highest BCUT2D eigenvalue weighted by Gasteiger charge is 2.59. The van der Waals surface area contributed by atoms with Crippen molar-refractivity contribution in [1.29, 1.82) is 0 Å². The summed E-state index contributed by atoms with van der Waals surface area (Å²) in [5.74, 6) is -9.55. The third-order valence-electron chi connectivity index (χ3n) is 4.16. The van der Waals surface area contributed by atoms with E-state index in [1.165, 1.54) is 12.1 Å². The second-order valence-electron chi connectivity index (χ2n) is 6.21. The standard InChI is InChI=1S/C19H14F7NO2/c20-17(21)8-1-2-14(18(17,22)23)15-10-28-11-16(29-15)27-9-7-12-3-5-13(6-4-12)19(24,25)26/h1-6,8,10-11,27H,7,9H2. The summed E-state index contributed by atoms with van der Waals surface area (Å²) in [5.41, 5.74) is -1.23. The largest absolute Gasteiger partial charge is 0.463 e. The van der Waals surface area contributed by atoms with Crippen molar-refractivity contribution in [3.05, 3.63) is 83.4 Å². The molecule has 1 aliphatic carbocycles. The first-order valence-electron chi connectivity index (χ1n) is 8.30. The molecule has 0 spiro atoms. The van der Waals surface area contributed by atoms with Crippen LogP contribution < -0.4 is 5.32 Å². The van der Waals surface area contributed by atoms with Gasteiger partial charge in [-0.3, -0.25) is 0 Å². The smallest absolute Gasteiger partial charge is 0.416 e. The maximum atomic E-state index is 14.0. The van der Waals surface area contributed by atoms with Crippen molar-refractivity contribution in [2.24, 2.45) is 0 Å². The van der Waals surface area contributed by atoms with Gasteiger partial charge in [0.05, 0.1) is 11.1 Å². The number of alkyl halides is 7. The summed E-state index contributed by atoms with van der Waals surface area (Å²) in [6, 6.07) is 4.51. The fourth-order valence-electron chi connectivity index (χ4n) is 2.60. The van der Waals surface area contributed by atoms with Crippen LogP contribution in [0.25, 0.3) is 0 Å². The highest BCUT2D eigenvalue weighted by molar-refractivity contribution is 5.43. The number of hydrogen-bond donors (Lipinski definition) is 1. The summed E-state index contributed by atoms with van der Waals surface area (Å²) in [7, 11) is 0.